The molecular formula is C13H12F3NS. The number of nitrogens with zero attached hydrogens (tertiary/aromatic N) is 1. The van der Waals surface area contributed by atoms with Crippen LogP contribution in [0.5, 0.6) is 0 Å². The van der Waals surface area contributed by atoms with Crippen molar-refractivity contribution < 1.29 is 13.2 Å². The summed E-state index contributed by atoms with van der Waals surface area (Å²) < 4.78 is 38.3. The summed E-state index contributed by atoms with van der Waals surface area (Å²) in [5.41, 5.74) is 1.61. The summed E-state index contributed by atoms with van der Waals surface area (Å²) in [6.07, 6.45) is -2.04. The van der Waals surface area contributed by atoms with Crippen LogP contribution >= 0.6 is 11.3 Å². The third-order valence-electron chi connectivity index (χ3n) is 3.53. The summed E-state index contributed by atoms with van der Waals surface area (Å²) in [4.78, 5) is 3.64. The minimum atomic E-state index is -4.34. The molecule has 0 bridgehead atoms. The van der Waals surface area contributed by atoms with E-state index >= 15 is 0 Å². The van der Waals surface area contributed by atoms with Crippen molar-refractivity contribution in [3.05, 3.63) is 28.8 Å². The zero-order valence-electron chi connectivity index (χ0n) is 9.79. The van der Waals surface area contributed by atoms with Gasteiger partial charge in [0.05, 0.1) is 10.2 Å². The molecule has 0 amide bonds. The van der Waals surface area contributed by atoms with Crippen molar-refractivity contribution >= 4 is 21.6 Å². The van der Waals surface area contributed by atoms with Crippen LogP contribution < -0.4 is 0 Å². The van der Waals surface area contributed by atoms with Crippen LogP contribution in [-0.4, -0.2) is 4.98 Å². The van der Waals surface area contributed by atoms with Crippen molar-refractivity contribution in [2.75, 3.05) is 0 Å². The number of halogens is 3. The fourth-order valence-electron chi connectivity index (χ4n) is 2.40. The topological polar surface area (TPSA) is 12.9 Å². The van der Waals surface area contributed by atoms with Crippen LogP contribution in [0, 0.1) is 5.92 Å². The SMILES string of the molecule is CC[C@H]1C[C@@H]1c1ccc2nc(C(F)(F)F)sc2c1. The number of benzene rings is 1. The molecule has 0 aliphatic heterocycles. The Labute approximate surface area is 107 Å². The highest BCUT2D eigenvalue weighted by Gasteiger charge is 2.37. The number of hydrogen-bond donors (Lipinski definition) is 0. The highest BCUT2D eigenvalue weighted by Crippen LogP contribution is 2.50. The largest absolute Gasteiger partial charge is 0.443 e. The molecule has 1 aliphatic rings. The highest BCUT2D eigenvalue weighted by atomic mass is 32.1. The predicted octanol–water partition coefficient (Wildman–Crippen LogP) is 4.83. The van der Waals surface area contributed by atoms with E-state index in [-0.39, 0.29) is 0 Å². The van der Waals surface area contributed by atoms with E-state index in [1.165, 1.54) is 0 Å². The number of hydrogen-bond acceptors (Lipinski definition) is 2. The van der Waals surface area contributed by atoms with Gasteiger partial charge in [0, 0.05) is 0 Å². The van der Waals surface area contributed by atoms with Crippen molar-refractivity contribution in [3.63, 3.8) is 0 Å². The van der Waals surface area contributed by atoms with Crippen LogP contribution in [0.4, 0.5) is 13.2 Å². The zero-order valence-corrected chi connectivity index (χ0v) is 10.6. The molecule has 2 aromatic rings. The van der Waals surface area contributed by atoms with Gasteiger partial charge in [0.15, 0.2) is 5.01 Å². The van der Waals surface area contributed by atoms with Gasteiger partial charge in [0.2, 0.25) is 0 Å². The van der Waals surface area contributed by atoms with Crippen LogP contribution in [-0.2, 0) is 6.18 Å². The maximum Gasteiger partial charge on any atom is 0.443 e. The minimum Gasteiger partial charge on any atom is -0.232 e. The molecule has 0 saturated heterocycles. The second kappa shape index (κ2) is 3.95. The minimum absolute atomic E-state index is 0.449. The zero-order chi connectivity index (χ0) is 12.9. The molecule has 1 fully saturated rings. The molecule has 3 rings (SSSR count). The third kappa shape index (κ3) is 2.00. The Hall–Kier alpha value is -1.10. The molecule has 18 heavy (non-hydrogen) atoms. The van der Waals surface area contributed by atoms with Gasteiger partial charge in [-0.05, 0) is 36.0 Å². The summed E-state index contributed by atoms with van der Waals surface area (Å²) in [7, 11) is 0. The summed E-state index contributed by atoms with van der Waals surface area (Å²) in [6, 6.07) is 5.51. The number of aromatic nitrogens is 1. The predicted molar refractivity (Wildman–Crippen MR) is 65.8 cm³/mol. The van der Waals surface area contributed by atoms with Gasteiger partial charge in [-0.3, -0.25) is 0 Å². The van der Waals surface area contributed by atoms with Crippen LogP contribution in [0.1, 0.15) is 36.3 Å². The van der Waals surface area contributed by atoms with Crippen LogP contribution in [0.15, 0.2) is 18.2 Å². The lowest BCUT2D eigenvalue weighted by atomic mass is 10.1. The van der Waals surface area contributed by atoms with Crippen molar-refractivity contribution in [1.29, 1.82) is 0 Å². The van der Waals surface area contributed by atoms with E-state index in [1.807, 2.05) is 12.1 Å². The van der Waals surface area contributed by atoms with E-state index in [0.717, 1.165) is 29.7 Å². The molecule has 96 valence electrons. The van der Waals surface area contributed by atoms with Gasteiger partial charge < -0.3 is 0 Å². The van der Waals surface area contributed by atoms with Gasteiger partial charge in [-0.15, -0.1) is 11.3 Å². The maximum absolute atomic E-state index is 12.6. The summed E-state index contributed by atoms with van der Waals surface area (Å²) in [5, 5.41) is -0.752. The molecular weight excluding hydrogens is 259 g/mol. The Morgan fingerprint density at radius 1 is 1.39 bits per heavy atom. The van der Waals surface area contributed by atoms with E-state index in [0.29, 0.717) is 22.1 Å². The summed E-state index contributed by atoms with van der Waals surface area (Å²) >= 11 is 0.736. The Morgan fingerprint density at radius 2 is 2.17 bits per heavy atom. The lowest BCUT2D eigenvalue weighted by molar-refractivity contribution is -0.137. The molecule has 1 saturated carbocycles. The van der Waals surface area contributed by atoms with E-state index in [2.05, 4.69) is 11.9 Å². The Balaban J connectivity index is 1.97. The van der Waals surface area contributed by atoms with Gasteiger partial charge in [0.25, 0.3) is 0 Å². The average Bonchev–Trinajstić information content (AvgIpc) is 2.97. The molecule has 0 spiro atoms. The van der Waals surface area contributed by atoms with Crippen LogP contribution in [0.2, 0.25) is 0 Å². The second-order valence-electron chi connectivity index (χ2n) is 4.75. The van der Waals surface area contributed by atoms with Gasteiger partial charge in [0.1, 0.15) is 0 Å². The average molecular weight is 271 g/mol. The molecule has 1 heterocycles. The highest BCUT2D eigenvalue weighted by molar-refractivity contribution is 7.18. The normalized spacial score (nSPS) is 23.6. The summed E-state index contributed by atoms with van der Waals surface area (Å²) in [5.74, 6) is 1.24. The first-order valence-electron chi connectivity index (χ1n) is 5.96. The lowest BCUT2D eigenvalue weighted by Crippen LogP contribution is -2.03. The van der Waals surface area contributed by atoms with Gasteiger partial charge in [-0.1, -0.05) is 19.4 Å². The smallest absolute Gasteiger partial charge is 0.232 e. The molecule has 0 radical (unpaired) electrons. The van der Waals surface area contributed by atoms with Gasteiger partial charge in [-0.25, -0.2) is 4.98 Å². The summed E-state index contributed by atoms with van der Waals surface area (Å²) in [6.45, 7) is 2.15. The number of alkyl halides is 3. The van der Waals surface area contributed by atoms with Crippen LogP contribution in [0.25, 0.3) is 10.2 Å². The number of fused-ring (bicyclic) bond motifs is 1. The molecule has 5 heteroatoms. The molecule has 1 nitrogen and oxygen atoms in total. The molecule has 1 aromatic heterocycles. The van der Waals surface area contributed by atoms with Gasteiger partial charge >= 0.3 is 6.18 Å². The molecule has 0 N–H and O–H groups in total. The fraction of sp³-hybridized carbons (Fsp3) is 0.462. The molecule has 1 aliphatic carbocycles. The first-order valence-corrected chi connectivity index (χ1v) is 6.78. The van der Waals surface area contributed by atoms with Crippen molar-refractivity contribution in [3.8, 4) is 0 Å². The third-order valence-corrected chi connectivity index (χ3v) is 4.59. The van der Waals surface area contributed by atoms with E-state index in [4.69, 9.17) is 0 Å². The molecule has 0 unspecified atom stereocenters. The quantitative estimate of drug-likeness (QED) is 0.762. The van der Waals surface area contributed by atoms with Crippen molar-refractivity contribution in [2.45, 2.75) is 31.9 Å². The fourth-order valence-corrected chi connectivity index (χ4v) is 3.28. The first kappa shape index (κ1) is 12.0. The molecule has 2 atom stereocenters. The Kier molecular flexibility index (Phi) is 2.62. The Morgan fingerprint density at radius 3 is 2.78 bits per heavy atom. The van der Waals surface area contributed by atoms with Crippen molar-refractivity contribution in [2.24, 2.45) is 5.92 Å². The van der Waals surface area contributed by atoms with Crippen molar-refractivity contribution in [1.82, 2.24) is 4.98 Å². The number of thiazole rings is 1. The van der Waals surface area contributed by atoms with Crippen LogP contribution in [0.3, 0.4) is 0 Å². The standard InChI is InChI=1S/C13H12F3NS/c1-2-7-5-9(7)8-3-4-10-11(6-8)18-12(17-10)13(14,15)16/h3-4,6-7,9H,2,5H2,1H3/t7-,9-/m0/s1. The molecule has 1 aromatic carbocycles. The van der Waals surface area contributed by atoms with E-state index in [9.17, 15) is 13.2 Å². The lowest BCUT2D eigenvalue weighted by Gasteiger charge is -1.98. The monoisotopic (exact) mass is 271 g/mol. The van der Waals surface area contributed by atoms with E-state index in [1.54, 1.807) is 6.07 Å². The first-order chi connectivity index (χ1) is 8.49. The van der Waals surface area contributed by atoms with Gasteiger partial charge in [-0.2, -0.15) is 13.2 Å². The number of rotatable bonds is 2. The maximum atomic E-state index is 12.6. The second-order valence-corrected chi connectivity index (χ2v) is 5.79. The Bertz CT molecular complexity index is 587. The van der Waals surface area contributed by atoms with E-state index < -0.39 is 11.2 Å².